The van der Waals surface area contributed by atoms with Crippen LogP contribution in [-0.2, 0) is 20.9 Å². The summed E-state index contributed by atoms with van der Waals surface area (Å²) in [5.74, 6) is -1.12. The van der Waals surface area contributed by atoms with Crippen LogP contribution in [0.1, 0.15) is 18.1 Å². The summed E-state index contributed by atoms with van der Waals surface area (Å²) in [7, 11) is 1.32. The fourth-order valence-corrected chi connectivity index (χ4v) is 2.62. The molecule has 1 atom stereocenters. The minimum Gasteiger partial charge on any atom is -0.469 e. The van der Waals surface area contributed by atoms with Gasteiger partial charge in [0.1, 0.15) is 0 Å². The van der Waals surface area contributed by atoms with Gasteiger partial charge in [-0.05, 0) is 29.3 Å². The van der Waals surface area contributed by atoms with Gasteiger partial charge < -0.3 is 9.64 Å². The van der Waals surface area contributed by atoms with Crippen LogP contribution in [0.15, 0.2) is 60.7 Å². The van der Waals surface area contributed by atoms with Gasteiger partial charge in [-0.1, -0.05) is 37.3 Å². The number of non-ortho nitro benzene ring substituents is 1. The highest BCUT2D eigenvalue weighted by atomic mass is 16.6. The van der Waals surface area contributed by atoms with Crippen LogP contribution in [0, 0.1) is 16.0 Å². The van der Waals surface area contributed by atoms with E-state index >= 15 is 0 Å². The standard InChI is InChI=1S/C21H22N2O5/c1-16(21(25)28-2)14-22(15-18-6-4-3-5-7-18)20(24)13-10-17-8-11-19(12-9-17)23(26)27/h3-13,16H,14-15H2,1-2H3/b13-10+. The first kappa shape index (κ1) is 20.8. The van der Waals surface area contributed by atoms with Crippen LogP contribution in [0.25, 0.3) is 6.08 Å². The molecule has 1 unspecified atom stereocenters. The van der Waals surface area contributed by atoms with Crippen LogP contribution in [0.5, 0.6) is 0 Å². The molecule has 0 heterocycles. The molecule has 0 fully saturated rings. The summed E-state index contributed by atoms with van der Waals surface area (Å²) in [5, 5.41) is 10.7. The molecular formula is C21H22N2O5. The Balaban J connectivity index is 2.14. The number of nitro groups is 1. The molecule has 0 N–H and O–H groups in total. The van der Waals surface area contributed by atoms with Crippen LogP contribution >= 0.6 is 0 Å². The summed E-state index contributed by atoms with van der Waals surface area (Å²) in [6.45, 7) is 2.27. The zero-order chi connectivity index (χ0) is 20.5. The Bertz CT molecular complexity index is 847. The second kappa shape index (κ2) is 10.0. The molecule has 2 rings (SSSR count). The van der Waals surface area contributed by atoms with Gasteiger partial charge in [0.25, 0.3) is 5.69 Å². The number of nitrogens with zero attached hydrogens (tertiary/aromatic N) is 2. The van der Waals surface area contributed by atoms with E-state index in [4.69, 9.17) is 4.74 Å². The van der Waals surface area contributed by atoms with Crippen molar-refractivity contribution >= 4 is 23.6 Å². The van der Waals surface area contributed by atoms with Gasteiger partial charge in [0.05, 0.1) is 18.0 Å². The SMILES string of the molecule is COC(=O)C(C)CN(Cc1ccccc1)C(=O)/C=C/c1ccc([N+](=O)[O-])cc1. The number of hydrogen-bond acceptors (Lipinski definition) is 5. The maximum absolute atomic E-state index is 12.7. The number of carbonyl (C=O) groups excluding carboxylic acids is 2. The fourth-order valence-electron chi connectivity index (χ4n) is 2.62. The lowest BCUT2D eigenvalue weighted by Gasteiger charge is -2.24. The van der Waals surface area contributed by atoms with Gasteiger partial charge in [0.15, 0.2) is 0 Å². The van der Waals surface area contributed by atoms with Gasteiger partial charge in [-0.3, -0.25) is 19.7 Å². The van der Waals surface area contributed by atoms with Crippen molar-refractivity contribution in [3.8, 4) is 0 Å². The maximum Gasteiger partial charge on any atom is 0.310 e. The van der Waals surface area contributed by atoms with Crippen molar-refractivity contribution in [1.29, 1.82) is 0 Å². The van der Waals surface area contributed by atoms with E-state index in [1.807, 2.05) is 30.3 Å². The molecule has 2 aromatic rings. The van der Waals surface area contributed by atoms with Gasteiger partial charge in [-0.2, -0.15) is 0 Å². The number of ether oxygens (including phenoxy) is 1. The van der Waals surface area contributed by atoms with Crippen molar-refractivity contribution < 1.29 is 19.2 Å². The quantitative estimate of drug-likeness (QED) is 0.302. The van der Waals surface area contributed by atoms with E-state index in [-0.39, 0.29) is 24.1 Å². The molecule has 0 spiro atoms. The molecule has 7 heteroatoms. The molecule has 0 aliphatic heterocycles. The third kappa shape index (κ3) is 6.05. The maximum atomic E-state index is 12.7. The van der Waals surface area contributed by atoms with E-state index in [1.54, 1.807) is 30.0 Å². The Hall–Kier alpha value is -3.48. The molecule has 0 saturated carbocycles. The smallest absolute Gasteiger partial charge is 0.310 e. The second-order valence-corrected chi connectivity index (χ2v) is 6.31. The molecule has 0 saturated heterocycles. The Morgan fingerprint density at radius 2 is 1.79 bits per heavy atom. The minimum atomic E-state index is -0.478. The topological polar surface area (TPSA) is 89.8 Å². The van der Waals surface area contributed by atoms with Crippen molar-refractivity contribution in [1.82, 2.24) is 4.90 Å². The molecule has 0 radical (unpaired) electrons. The van der Waals surface area contributed by atoms with E-state index in [9.17, 15) is 19.7 Å². The van der Waals surface area contributed by atoms with Crippen molar-refractivity contribution in [2.75, 3.05) is 13.7 Å². The van der Waals surface area contributed by atoms with E-state index in [1.165, 1.54) is 25.3 Å². The predicted molar refractivity (Wildman–Crippen MR) is 105 cm³/mol. The van der Waals surface area contributed by atoms with Gasteiger partial charge in [-0.15, -0.1) is 0 Å². The molecule has 2 aromatic carbocycles. The summed E-state index contributed by atoms with van der Waals surface area (Å²) in [4.78, 5) is 36.3. The molecule has 1 amide bonds. The van der Waals surface area contributed by atoms with Crippen LogP contribution in [0.3, 0.4) is 0 Å². The van der Waals surface area contributed by atoms with Crippen molar-refractivity contribution in [2.24, 2.45) is 5.92 Å². The first-order chi connectivity index (χ1) is 13.4. The number of amides is 1. The van der Waals surface area contributed by atoms with Crippen LogP contribution in [-0.4, -0.2) is 35.4 Å². The number of benzene rings is 2. The van der Waals surface area contributed by atoms with Gasteiger partial charge >= 0.3 is 5.97 Å². The minimum absolute atomic E-state index is 0.0129. The largest absolute Gasteiger partial charge is 0.469 e. The summed E-state index contributed by atoms with van der Waals surface area (Å²) >= 11 is 0. The van der Waals surface area contributed by atoms with Crippen molar-refractivity contribution in [3.63, 3.8) is 0 Å². The first-order valence-electron chi connectivity index (χ1n) is 8.74. The third-order valence-corrected chi connectivity index (χ3v) is 4.15. The summed E-state index contributed by atoms with van der Waals surface area (Å²) in [6.07, 6.45) is 2.99. The molecule has 0 aromatic heterocycles. The normalized spacial score (nSPS) is 11.8. The molecule has 0 aliphatic rings. The summed E-state index contributed by atoms with van der Waals surface area (Å²) < 4.78 is 4.75. The van der Waals surface area contributed by atoms with Crippen LogP contribution < -0.4 is 0 Å². The number of carbonyl (C=O) groups is 2. The molecule has 0 bridgehead atoms. The highest BCUT2D eigenvalue weighted by molar-refractivity contribution is 5.92. The van der Waals surface area contributed by atoms with Crippen molar-refractivity contribution in [2.45, 2.75) is 13.5 Å². The number of hydrogen-bond donors (Lipinski definition) is 0. The average molecular weight is 382 g/mol. The molecular weight excluding hydrogens is 360 g/mol. The summed E-state index contributed by atoms with van der Waals surface area (Å²) in [6, 6.07) is 15.4. The zero-order valence-electron chi connectivity index (χ0n) is 15.8. The average Bonchev–Trinajstić information content (AvgIpc) is 2.71. The molecule has 0 aliphatic carbocycles. The van der Waals surface area contributed by atoms with Gasteiger partial charge in [0.2, 0.25) is 5.91 Å². The first-order valence-corrected chi connectivity index (χ1v) is 8.74. The Kier molecular flexibility index (Phi) is 7.45. The second-order valence-electron chi connectivity index (χ2n) is 6.31. The number of methoxy groups -OCH3 is 1. The number of nitro benzene ring substituents is 1. The summed E-state index contributed by atoms with van der Waals surface area (Å²) in [5.41, 5.74) is 1.59. The van der Waals surface area contributed by atoms with Crippen molar-refractivity contribution in [3.05, 3.63) is 81.9 Å². The zero-order valence-corrected chi connectivity index (χ0v) is 15.8. The predicted octanol–water partition coefficient (Wildman–Crippen LogP) is 3.45. The van der Waals surface area contributed by atoms with E-state index in [0.717, 1.165) is 5.56 Å². The number of esters is 1. The van der Waals surface area contributed by atoms with Gasteiger partial charge in [-0.25, -0.2) is 0 Å². The third-order valence-electron chi connectivity index (χ3n) is 4.15. The number of rotatable bonds is 8. The van der Waals surface area contributed by atoms with Crippen LogP contribution in [0.4, 0.5) is 5.69 Å². The van der Waals surface area contributed by atoms with Crippen LogP contribution in [0.2, 0.25) is 0 Å². The monoisotopic (exact) mass is 382 g/mol. The Morgan fingerprint density at radius 1 is 1.14 bits per heavy atom. The van der Waals surface area contributed by atoms with Gasteiger partial charge in [0, 0.05) is 31.3 Å². The molecule has 146 valence electrons. The van der Waals surface area contributed by atoms with E-state index < -0.39 is 10.8 Å². The van der Waals surface area contributed by atoms with E-state index in [2.05, 4.69) is 0 Å². The lowest BCUT2D eigenvalue weighted by atomic mass is 10.1. The highest BCUT2D eigenvalue weighted by Crippen LogP contribution is 2.14. The highest BCUT2D eigenvalue weighted by Gasteiger charge is 2.20. The van der Waals surface area contributed by atoms with E-state index in [0.29, 0.717) is 12.1 Å². The molecule has 7 nitrogen and oxygen atoms in total. The lowest BCUT2D eigenvalue weighted by molar-refractivity contribution is -0.384. The Labute approximate surface area is 163 Å². The Morgan fingerprint density at radius 3 is 2.36 bits per heavy atom. The molecule has 28 heavy (non-hydrogen) atoms. The fraction of sp³-hybridized carbons (Fsp3) is 0.238. The lowest BCUT2D eigenvalue weighted by Crippen LogP contribution is -2.35.